The highest BCUT2D eigenvalue weighted by atomic mass is 16.7. The van der Waals surface area contributed by atoms with E-state index in [1.54, 1.807) is 7.11 Å². The molecule has 0 radical (unpaired) electrons. The first kappa shape index (κ1) is 9.71. The Balaban J connectivity index is 1.77. The first-order valence-corrected chi connectivity index (χ1v) is 4.79. The molecule has 2 heterocycles. The van der Waals surface area contributed by atoms with Crippen LogP contribution in [0.3, 0.4) is 0 Å². The topological polar surface area (TPSA) is 33.7 Å². The second-order valence-electron chi connectivity index (χ2n) is 3.64. The van der Waals surface area contributed by atoms with E-state index in [0.717, 1.165) is 25.2 Å². The number of rotatable bonds is 3. The molecule has 78 valence electrons. The Labute approximate surface area is 84.2 Å². The van der Waals surface area contributed by atoms with Crippen LogP contribution in [0.15, 0.2) is 24.4 Å². The number of nitrogens with zero attached hydrogens (tertiary/aromatic N) is 1. The number of hydrogen-bond acceptors (Lipinski definition) is 4. The molecule has 2 aliphatic heterocycles. The van der Waals surface area contributed by atoms with Crippen LogP contribution in [-0.2, 0) is 9.47 Å². The van der Waals surface area contributed by atoms with E-state index in [-0.39, 0.29) is 12.5 Å². The molecule has 0 saturated carbocycles. The van der Waals surface area contributed by atoms with Gasteiger partial charge >= 0.3 is 0 Å². The smallest absolute Gasteiger partial charge is 0.216 e. The minimum Gasteiger partial charge on any atom is -0.370 e. The molecular formula is C10H16N2O2. The lowest BCUT2D eigenvalue weighted by molar-refractivity contribution is -0.126. The van der Waals surface area contributed by atoms with Gasteiger partial charge in [-0.2, -0.15) is 0 Å². The molecule has 1 fully saturated rings. The maximum atomic E-state index is 5.57. The van der Waals surface area contributed by atoms with E-state index < -0.39 is 0 Å². The molecule has 4 nitrogen and oxygen atoms in total. The molecular weight excluding hydrogens is 180 g/mol. The molecule has 1 saturated heterocycles. The highest BCUT2D eigenvalue weighted by Crippen LogP contribution is 2.13. The molecule has 2 aliphatic rings. The largest absolute Gasteiger partial charge is 0.370 e. The van der Waals surface area contributed by atoms with Crippen molar-refractivity contribution in [2.45, 2.75) is 12.5 Å². The van der Waals surface area contributed by atoms with Crippen LogP contribution in [0.1, 0.15) is 0 Å². The summed E-state index contributed by atoms with van der Waals surface area (Å²) >= 11 is 0. The molecule has 0 aromatic carbocycles. The van der Waals surface area contributed by atoms with E-state index in [1.165, 1.54) is 0 Å². The maximum Gasteiger partial charge on any atom is 0.216 e. The van der Waals surface area contributed by atoms with Gasteiger partial charge in [-0.3, -0.25) is 5.32 Å². The normalized spacial score (nSPS) is 31.8. The van der Waals surface area contributed by atoms with Crippen molar-refractivity contribution < 1.29 is 9.47 Å². The van der Waals surface area contributed by atoms with Gasteiger partial charge in [0.15, 0.2) is 0 Å². The molecule has 0 bridgehead atoms. The van der Waals surface area contributed by atoms with Crippen molar-refractivity contribution in [3.05, 3.63) is 24.4 Å². The number of ether oxygens (including phenoxy) is 2. The Morgan fingerprint density at radius 2 is 2.64 bits per heavy atom. The lowest BCUT2D eigenvalue weighted by Gasteiger charge is -2.19. The third kappa shape index (κ3) is 2.15. The van der Waals surface area contributed by atoms with Crippen molar-refractivity contribution in [1.82, 2.24) is 10.2 Å². The molecule has 2 rings (SSSR count). The predicted molar refractivity (Wildman–Crippen MR) is 53.5 cm³/mol. The summed E-state index contributed by atoms with van der Waals surface area (Å²) in [5.41, 5.74) is 1.15. The SMILES string of the molecule is C=C1C=CN(CC2CNC(OC)O2)C1. The second kappa shape index (κ2) is 4.13. The number of hydrogen-bond donors (Lipinski definition) is 1. The van der Waals surface area contributed by atoms with Crippen LogP contribution >= 0.6 is 0 Å². The zero-order valence-corrected chi connectivity index (χ0v) is 8.40. The van der Waals surface area contributed by atoms with E-state index in [9.17, 15) is 0 Å². The van der Waals surface area contributed by atoms with Crippen LogP contribution in [0.25, 0.3) is 0 Å². The van der Waals surface area contributed by atoms with Gasteiger partial charge in [-0.05, 0) is 17.8 Å². The average Bonchev–Trinajstić information content (AvgIpc) is 2.76. The van der Waals surface area contributed by atoms with Crippen LogP contribution in [-0.4, -0.2) is 44.2 Å². The minimum absolute atomic E-state index is 0.204. The minimum atomic E-state index is -0.241. The summed E-state index contributed by atoms with van der Waals surface area (Å²) in [7, 11) is 1.64. The molecule has 0 aromatic heterocycles. The molecule has 1 N–H and O–H groups in total. The van der Waals surface area contributed by atoms with Crippen molar-refractivity contribution in [3.63, 3.8) is 0 Å². The van der Waals surface area contributed by atoms with Gasteiger partial charge in [0.05, 0.1) is 6.10 Å². The number of methoxy groups -OCH3 is 1. The van der Waals surface area contributed by atoms with Gasteiger partial charge in [0.1, 0.15) is 0 Å². The van der Waals surface area contributed by atoms with Crippen molar-refractivity contribution >= 4 is 0 Å². The standard InChI is InChI=1S/C10H16N2O2/c1-8-3-4-12(6-8)7-9-5-11-10(13-2)14-9/h3-4,9-11H,1,5-7H2,2H3. The fraction of sp³-hybridized carbons (Fsp3) is 0.600. The van der Waals surface area contributed by atoms with E-state index in [0.29, 0.717) is 0 Å². The fourth-order valence-electron chi connectivity index (χ4n) is 1.71. The summed E-state index contributed by atoms with van der Waals surface area (Å²) < 4.78 is 10.6. The van der Waals surface area contributed by atoms with Crippen LogP contribution in [0.5, 0.6) is 0 Å². The zero-order valence-electron chi connectivity index (χ0n) is 8.40. The first-order chi connectivity index (χ1) is 6.78. The molecule has 4 heteroatoms. The Bertz CT molecular complexity index is 253. The first-order valence-electron chi connectivity index (χ1n) is 4.79. The molecule has 0 spiro atoms. The third-order valence-corrected chi connectivity index (χ3v) is 2.41. The lowest BCUT2D eigenvalue weighted by atomic mass is 10.3. The Morgan fingerprint density at radius 3 is 3.21 bits per heavy atom. The van der Waals surface area contributed by atoms with E-state index in [2.05, 4.69) is 23.0 Å². The molecule has 0 aliphatic carbocycles. The van der Waals surface area contributed by atoms with Crippen molar-refractivity contribution in [2.75, 3.05) is 26.7 Å². The zero-order chi connectivity index (χ0) is 9.97. The molecule has 0 amide bonds. The van der Waals surface area contributed by atoms with E-state index in [4.69, 9.17) is 9.47 Å². The van der Waals surface area contributed by atoms with Crippen LogP contribution in [0.2, 0.25) is 0 Å². The maximum absolute atomic E-state index is 5.57. The summed E-state index contributed by atoms with van der Waals surface area (Å²) in [6, 6.07) is 0. The summed E-state index contributed by atoms with van der Waals surface area (Å²) in [5.74, 6) is 0. The average molecular weight is 196 g/mol. The van der Waals surface area contributed by atoms with Gasteiger partial charge in [0.25, 0.3) is 0 Å². The van der Waals surface area contributed by atoms with Gasteiger partial charge in [-0.15, -0.1) is 0 Å². The predicted octanol–water partition coefficient (Wildman–Crippen LogP) is 0.290. The van der Waals surface area contributed by atoms with Crippen molar-refractivity contribution in [2.24, 2.45) is 0 Å². The quantitative estimate of drug-likeness (QED) is 0.703. The van der Waals surface area contributed by atoms with Crippen LogP contribution in [0, 0.1) is 0 Å². The summed E-state index contributed by atoms with van der Waals surface area (Å²) in [5, 5.41) is 3.12. The molecule has 2 unspecified atom stereocenters. The van der Waals surface area contributed by atoms with E-state index in [1.807, 2.05) is 6.08 Å². The van der Waals surface area contributed by atoms with Crippen molar-refractivity contribution in [1.29, 1.82) is 0 Å². The van der Waals surface area contributed by atoms with Gasteiger partial charge in [-0.1, -0.05) is 6.58 Å². The summed E-state index contributed by atoms with van der Waals surface area (Å²) in [4.78, 5) is 2.20. The van der Waals surface area contributed by atoms with Gasteiger partial charge in [0.2, 0.25) is 6.41 Å². The van der Waals surface area contributed by atoms with Crippen LogP contribution < -0.4 is 5.32 Å². The highest BCUT2D eigenvalue weighted by Gasteiger charge is 2.25. The Hall–Kier alpha value is -0.840. The fourth-order valence-corrected chi connectivity index (χ4v) is 1.71. The van der Waals surface area contributed by atoms with E-state index >= 15 is 0 Å². The highest BCUT2D eigenvalue weighted by molar-refractivity contribution is 5.22. The third-order valence-electron chi connectivity index (χ3n) is 2.41. The monoisotopic (exact) mass is 196 g/mol. The molecule has 0 aromatic rings. The van der Waals surface area contributed by atoms with Gasteiger partial charge < -0.3 is 14.4 Å². The summed E-state index contributed by atoms with van der Waals surface area (Å²) in [6.07, 6.45) is 4.06. The van der Waals surface area contributed by atoms with Crippen LogP contribution in [0.4, 0.5) is 0 Å². The Kier molecular flexibility index (Phi) is 2.86. The van der Waals surface area contributed by atoms with Gasteiger partial charge in [-0.25, -0.2) is 0 Å². The number of nitrogens with one attached hydrogen (secondary N) is 1. The molecule has 2 atom stereocenters. The lowest BCUT2D eigenvalue weighted by Crippen LogP contribution is -2.29. The summed E-state index contributed by atoms with van der Waals surface area (Å²) in [6.45, 7) is 6.55. The second-order valence-corrected chi connectivity index (χ2v) is 3.64. The Morgan fingerprint density at radius 1 is 1.79 bits per heavy atom. The van der Waals surface area contributed by atoms with Gasteiger partial charge in [0, 0.05) is 26.7 Å². The van der Waals surface area contributed by atoms with Crippen molar-refractivity contribution in [3.8, 4) is 0 Å². The molecule has 14 heavy (non-hydrogen) atoms.